The predicted molar refractivity (Wildman–Crippen MR) is 87.5 cm³/mol. The summed E-state index contributed by atoms with van der Waals surface area (Å²) in [6, 6.07) is 4.28. The number of nitrogens with zero attached hydrogens (tertiary/aromatic N) is 1. The molecule has 4 rings (SSSR count). The lowest BCUT2D eigenvalue weighted by molar-refractivity contribution is -0.134. The second-order valence-corrected chi connectivity index (χ2v) is 7.46. The molecule has 4 heteroatoms. The zero-order valence-corrected chi connectivity index (χ0v) is 13.9. The van der Waals surface area contributed by atoms with Crippen LogP contribution in [0.25, 0.3) is 0 Å². The highest BCUT2D eigenvalue weighted by atomic mass is 16.5. The average Bonchev–Trinajstić information content (AvgIpc) is 2.92. The lowest BCUT2D eigenvalue weighted by Gasteiger charge is -2.51. The van der Waals surface area contributed by atoms with E-state index in [1.807, 2.05) is 25.4 Å². The van der Waals surface area contributed by atoms with Crippen LogP contribution in [0.4, 0.5) is 0 Å². The molecule has 2 aliphatic heterocycles. The van der Waals surface area contributed by atoms with Gasteiger partial charge in [0.2, 0.25) is 5.91 Å². The van der Waals surface area contributed by atoms with Crippen LogP contribution in [0.15, 0.2) is 36.4 Å². The van der Waals surface area contributed by atoms with Gasteiger partial charge >= 0.3 is 0 Å². The molecule has 1 saturated heterocycles. The standard InChI is InChI=1S/C19H24N2O2/c1-10-9-23-18-12(3)17-15(7-14(10)18)16(11(2)19(22)21-17)13-5-4-6-20-8-13/h4-6,8-9,11-12,14-18H,7H2,1-3H3,(H,21,22). The minimum absolute atomic E-state index is 0.0178. The number of pyridine rings is 1. The van der Waals surface area contributed by atoms with E-state index in [9.17, 15) is 4.79 Å². The molecule has 7 atom stereocenters. The Morgan fingerprint density at radius 3 is 2.91 bits per heavy atom. The van der Waals surface area contributed by atoms with Crippen molar-refractivity contribution < 1.29 is 9.53 Å². The molecule has 4 nitrogen and oxygen atoms in total. The zero-order valence-electron chi connectivity index (χ0n) is 13.9. The SMILES string of the molecule is CC1=COC2C1CC1C(NC(=O)C(C)C1c1cccnc1)C2C. The lowest BCUT2D eigenvalue weighted by Crippen LogP contribution is -2.60. The summed E-state index contributed by atoms with van der Waals surface area (Å²) in [5, 5.41) is 3.28. The number of rotatable bonds is 1. The summed E-state index contributed by atoms with van der Waals surface area (Å²) in [6.45, 7) is 6.44. The summed E-state index contributed by atoms with van der Waals surface area (Å²) < 4.78 is 5.91. The molecule has 0 bridgehead atoms. The van der Waals surface area contributed by atoms with Gasteiger partial charge in [-0.05, 0) is 36.5 Å². The molecule has 1 aliphatic carbocycles. The van der Waals surface area contributed by atoms with E-state index in [1.165, 1.54) is 11.1 Å². The van der Waals surface area contributed by atoms with Crippen LogP contribution in [0, 0.1) is 23.7 Å². The van der Waals surface area contributed by atoms with E-state index in [1.54, 1.807) is 6.20 Å². The number of hydrogen-bond acceptors (Lipinski definition) is 3. The van der Waals surface area contributed by atoms with E-state index in [4.69, 9.17) is 4.74 Å². The number of fused-ring (bicyclic) bond motifs is 2. The number of ether oxygens (including phenoxy) is 1. The summed E-state index contributed by atoms with van der Waals surface area (Å²) >= 11 is 0. The van der Waals surface area contributed by atoms with Gasteiger partial charge in [0.25, 0.3) is 0 Å². The molecule has 0 spiro atoms. The molecule has 7 unspecified atom stereocenters. The van der Waals surface area contributed by atoms with Crippen molar-refractivity contribution in [3.8, 4) is 0 Å². The Morgan fingerprint density at radius 1 is 1.35 bits per heavy atom. The third-order valence-corrected chi connectivity index (χ3v) is 6.26. The molecular weight excluding hydrogens is 288 g/mol. The van der Waals surface area contributed by atoms with Crippen molar-refractivity contribution in [3.63, 3.8) is 0 Å². The van der Waals surface area contributed by atoms with Crippen LogP contribution in [-0.2, 0) is 9.53 Å². The fourth-order valence-corrected chi connectivity index (χ4v) is 5.02. The normalized spacial score (nSPS) is 42.1. The van der Waals surface area contributed by atoms with Crippen LogP contribution in [0.5, 0.6) is 0 Å². The Hall–Kier alpha value is -1.84. The number of amides is 1. The highest BCUT2D eigenvalue weighted by molar-refractivity contribution is 5.81. The number of carbonyl (C=O) groups excluding carboxylic acids is 1. The molecule has 0 aromatic carbocycles. The molecule has 1 aromatic rings. The molecule has 122 valence electrons. The zero-order chi connectivity index (χ0) is 16.1. The Morgan fingerprint density at radius 2 is 2.17 bits per heavy atom. The van der Waals surface area contributed by atoms with Crippen LogP contribution >= 0.6 is 0 Å². The second-order valence-electron chi connectivity index (χ2n) is 7.46. The molecule has 1 N–H and O–H groups in total. The van der Waals surface area contributed by atoms with Crippen molar-refractivity contribution in [1.82, 2.24) is 10.3 Å². The van der Waals surface area contributed by atoms with Gasteiger partial charge in [-0.2, -0.15) is 0 Å². The third kappa shape index (κ3) is 2.19. The number of carbonyl (C=O) groups is 1. The summed E-state index contributed by atoms with van der Waals surface area (Å²) in [7, 11) is 0. The second kappa shape index (κ2) is 5.36. The largest absolute Gasteiger partial charge is 0.497 e. The first-order valence-corrected chi connectivity index (χ1v) is 8.60. The van der Waals surface area contributed by atoms with Crippen molar-refractivity contribution in [2.75, 3.05) is 0 Å². The highest BCUT2D eigenvalue weighted by Gasteiger charge is 2.53. The third-order valence-electron chi connectivity index (χ3n) is 6.26. The first kappa shape index (κ1) is 14.7. The summed E-state index contributed by atoms with van der Waals surface area (Å²) in [6.07, 6.45) is 6.94. The van der Waals surface area contributed by atoms with Gasteiger partial charge < -0.3 is 10.1 Å². The van der Waals surface area contributed by atoms with E-state index in [0.717, 1.165) is 6.42 Å². The maximum atomic E-state index is 12.5. The van der Waals surface area contributed by atoms with Gasteiger partial charge in [0, 0.05) is 42.1 Å². The Kier molecular flexibility index (Phi) is 3.43. The van der Waals surface area contributed by atoms with Crippen LogP contribution in [-0.4, -0.2) is 23.0 Å². The van der Waals surface area contributed by atoms with E-state index in [-0.39, 0.29) is 29.9 Å². The topological polar surface area (TPSA) is 51.2 Å². The molecule has 1 aromatic heterocycles. The summed E-state index contributed by atoms with van der Waals surface area (Å²) in [5.41, 5.74) is 2.53. The van der Waals surface area contributed by atoms with Gasteiger partial charge in [-0.25, -0.2) is 0 Å². The number of hydrogen-bond donors (Lipinski definition) is 1. The number of piperidine rings is 1. The molecule has 1 saturated carbocycles. The van der Waals surface area contributed by atoms with Gasteiger partial charge in [0.05, 0.1) is 6.26 Å². The quantitative estimate of drug-likeness (QED) is 0.867. The van der Waals surface area contributed by atoms with Crippen molar-refractivity contribution in [1.29, 1.82) is 0 Å². The number of nitrogens with one attached hydrogen (secondary N) is 1. The Balaban J connectivity index is 1.73. The first-order valence-electron chi connectivity index (χ1n) is 8.60. The minimum atomic E-state index is -0.0178. The van der Waals surface area contributed by atoms with Crippen LogP contribution in [0.2, 0.25) is 0 Å². The van der Waals surface area contributed by atoms with Crippen LogP contribution in [0.3, 0.4) is 0 Å². The number of aromatic nitrogens is 1. The van der Waals surface area contributed by atoms with Crippen molar-refractivity contribution in [2.45, 2.75) is 45.3 Å². The molecule has 1 amide bonds. The van der Waals surface area contributed by atoms with E-state index >= 15 is 0 Å². The van der Waals surface area contributed by atoms with Gasteiger partial charge in [0.1, 0.15) is 6.10 Å². The van der Waals surface area contributed by atoms with Crippen molar-refractivity contribution >= 4 is 5.91 Å². The first-order chi connectivity index (χ1) is 11.1. The molecular formula is C19H24N2O2. The summed E-state index contributed by atoms with van der Waals surface area (Å²) in [4.78, 5) is 16.8. The van der Waals surface area contributed by atoms with Gasteiger partial charge in [-0.15, -0.1) is 0 Å². The molecule has 3 heterocycles. The predicted octanol–water partition coefficient (Wildman–Crippen LogP) is 2.87. The smallest absolute Gasteiger partial charge is 0.223 e. The van der Waals surface area contributed by atoms with Crippen LogP contribution in [0.1, 0.15) is 38.7 Å². The summed E-state index contributed by atoms with van der Waals surface area (Å²) in [5.74, 6) is 1.62. The molecule has 23 heavy (non-hydrogen) atoms. The van der Waals surface area contributed by atoms with Gasteiger partial charge in [-0.1, -0.05) is 19.9 Å². The maximum Gasteiger partial charge on any atom is 0.223 e. The average molecular weight is 312 g/mol. The molecule has 0 radical (unpaired) electrons. The van der Waals surface area contributed by atoms with Crippen molar-refractivity contribution in [2.24, 2.45) is 23.7 Å². The van der Waals surface area contributed by atoms with Gasteiger partial charge in [0.15, 0.2) is 0 Å². The van der Waals surface area contributed by atoms with Crippen molar-refractivity contribution in [3.05, 3.63) is 41.9 Å². The monoisotopic (exact) mass is 312 g/mol. The Bertz CT molecular complexity index is 642. The molecule has 2 fully saturated rings. The molecule has 3 aliphatic rings. The lowest BCUT2D eigenvalue weighted by atomic mass is 9.60. The van der Waals surface area contributed by atoms with E-state index in [2.05, 4.69) is 30.2 Å². The maximum absolute atomic E-state index is 12.5. The fraction of sp³-hybridized carbons (Fsp3) is 0.579. The minimum Gasteiger partial charge on any atom is -0.497 e. The fourth-order valence-electron chi connectivity index (χ4n) is 5.02. The van der Waals surface area contributed by atoms with E-state index in [0.29, 0.717) is 17.8 Å². The van der Waals surface area contributed by atoms with Crippen LogP contribution < -0.4 is 5.32 Å². The van der Waals surface area contributed by atoms with E-state index < -0.39 is 0 Å². The highest BCUT2D eigenvalue weighted by Crippen LogP contribution is 2.50. The van der Waals surface area contributed by atoms with Gasteiger partial charge in [-0.3, -0.25) is 9.78 Å². The Labute approximate surface area is 137 Å².